The maximum Gasteiger partial charge on any atom is 0.0939 e. The number of fused-ring (bicyclic) bond motifs is 5. The van der Waals surface area contributed by atoms with Gasteiger partial charge in [-0.2, -0.15) is 0 Å². The van der Waals surface area contributed by atoms with E-state index in [1.807, 2.05) is 0 Å². The Morgan fingerprint density at radius 2 is 1.62 bits per heavy atom. The monoisotopic (exact) mass is 182 g/mol. The minimum absolute atomic E-state index is 0.0224. The Morgan fingerprint density at radius 1 is 1.15 bits per heavy atom. The standard InChI is InChI=1S/C11H18O2/c1-10(2)8-6-3-4-7(9(8)10)11(6,13)5-12/h6-9,12-13H,3-5H2,1-2H3/t6-,7+,8+,9-,11?. The van der Waals surface area contributed by atoms with Gasteiger partial charge in [-0.15, -0.1) is 0 Å². The molecule has 0 spiro atoms. The van der Waals surface area contributed by atoms with E-state index in [4.69, 9.17) is 0 Å². The van der Waals surface area contributed by atoms with Gasteiger partial charge in [0.05, 0.1) is 12.2 Å². The summed E-state index contributed by atoms with van der Waals surface area (Å²) in [5.74, 6) is 2.18. The molecule has 0 radical (unpaired) electrons. The number of hydrogen-bond donors (Lipinski definition) is 2. The Balaban J connectivity index is 1.97. The van der Waals surface area contributed by atoms with E-state index in [1.54, 1.807) is 0 Å². The minimum Gasteiger partial charge on any atom is -0.393 e. The molecule has 1 unspecified atom stereocenters. The molecule has 0 saturated heterocycles. The van der Waals surface area contributed by atoms with Gasteiger partial charge in [-0.25, -0.2) is 0 Å². The normalized spacial score (nSPS) is 60.9. The SMILES string of the molecule is CC1(C)[C@@H]2[C@H]1[C@@H]1CC[C@H]2C1(O)CO. The van der Waals surface area contributed by atoms with Crippen LogP contribution < -0.4 is 0 Å². The first-order chi connectivity index (χ1) is 6.03. The lowest BCUT2D eigenvalue weighted by molar-refractivity contribution is -0.0736. The minimum atomic E-state index is -0.704. The van der Waals surface area contributed by atoms with Crippen molar-refractivity contribution in [3.8, 4) is 0 Å². The third kappa shape index (κ3) is 0.668. The van der Waals surface area contributed by atoms with Crippen LogP contribution in [-0.2, 0) is 0 Å². The molecule has 2 heteroatoms. The van der Waals surface area contributed by atoms with Crippen LogP contribution in [0.3, 0.4) is 0 Å². The highest BCUT2D eigenvalue weighted by Gasteiger charge is 2.78. The molecule has 3 fully saturated rings. The van der Waals surface area contributed by atoms with Gasteiger partial charge < -0.3 is 10.2 Å². The average molecular weight is 182 g/mol. The summed E-state index contributed by atoms with van der Waals surface area (Å²) in [6.45, 7) is 4.60. The van der Waals surface area contributed by atoms with Crippen LogP contribution in [-0.4, -0.2) is 22.4 Å². The molecule has 3 aliphatic carbocycles. The van der Waals surface area contributed by atoms with Crippen LogP contribution in [0.1, 0.15) is 26.7 Å². The third-order valence-electron chi connectivity index (χ3n) is 5.19. The van der Waals surface area contributed by atoms with Gasteiger partial charge in [-0.3, -0.25) is 0 Å². The average Bonchev–Trinajstić information content (AvgIpc) is 2.44. The number of aliphatic hydroxyl groups is 2. The largest absolute Gasteiger partial charge is 0.393 e. The molecule has 2 N–H and O–H groups in total. The molecule has 2 nitrogen and oxygen atoms in total. The van der Waals surface area contributed by atoms with Crippen molar-refractivity contribution >= 4 is 0 Å². The van der Waals surface area contributed by atoms with Gasteiger partial charge in [-0.05, 0) is 41.9 Å². The molecular formula is C11H18O2. The molecule has 0 aromatic heterocycles. The van der Waals surface area contributed by atoms with Gasteiger partial charge >= 0.3 is 0 Å². The molecule has 0 amide bonds. The van der Waals surface area contributed by atoms with Crippen molar-refractivity contribution in [2.24, 2.45) is 29.1 Å². The molecule has 0 aliphatic heterocycles. The topological polar surface area (TPSA) is 40.5 Å². The zero-order valence-electron chi connectivity index (χ0n) is 8.33. The Labute approximate surface area is 79.0 Å². The molecule has 2 bridgehead atoms. The van der Waals surface area contributed by atoms with Crippen molar-refractivity contribution in [1.29, 1.82) is 0 Å². The number of hydrogen-bond acceptors (Lipinski definition) is 2. The quantitative estimate of drug-likeness (QED) is 0.635. The first-order valence-corrected chi connectivity index (χ1v) is 5.36. The molecular weight excluding hydrogens is 164 g/mol. The van der Waals surface area contributed by atoms with Crippen molar-refractivity contribution in [2.45, 2.75) is 32.3 Å². The lowest BCUT2D eigenvalue weighted by Crippen LogP contribution is -2.42. The predicted molar refractivity (Wildman–Crippen MR) is 49.0 cm³/mol. The van der Waals surface area contributed by atoms with Crippen molar-refractivity contribution in [3.05, 3.63) is 0 Å². The summed E-state index contributed by atoms with van der Waals surface area (Å²) in [7, 11) is 0. The summed E-state index contributed by atoms with van der Waals surface area (Å²) < 4.78 is 0. The van der Waals surface area contributed by atoms with E-state index in [1.165, 1.54) is 0 Å². The fourth-order valence-corrected chi connectivity index (χ4v) is 4.61. The highest BCUT2D eigenvalue weighted by atomic mass is 16.3. The maximum absolute atomic E-state index is 10.3. The second-order valence-corrected chi connectivity index (χ2v) is 5.81. The van der Waals surface area contributed by atoms with Crippen LogP contribution in [0, 0.1) is 29.1 Å². The van der Waals surface area contributed by atoms with Crippen LogP contribution in [0.4, 0.5) is 0 Å². The summed E-state index contributed by atoms with van der Waals surface area (Å²) in [5.41, 5.74) is -0.252. The van der Waals surface area contributed by atoms with E-state index in [9.17, 15) is 10.2 Å². The summed E-state index contributed by atoms with van der Waals surface area (Å²) in [5, 5.41) is 19.5. The Kier molecular flexibility index (Phi) is 1.24. The van der Waals surface area contributed by atoms with Gasteiger partial charge in [0.1, 0.15) is 0 Å². The van der Waals surface area contributed by atoms with Gasteiger partial charge in [-0.1, -0.05) is 13.8 Å². The zero-order valence-corrected chi connectivity index (χ0v) is 8.33. The Bertz CT molecular complexity index is 239. The van der Waals surface area contributed by atoms with Crippen molar-refractivity contribution in [1.82, 2.24) is 0 Å². The van der Waals surface area contributed by atoms with Gasteiger partial charge in [0.2, 0.25) is 0 Å². The van der Waals surface area contributed by atoms with E-state index in [0.717, 1.165) is 12.8 Å². The van der Waals surface area contributed by atoms with E-state index in [-0.39, 0.29) is 6.61 Å². The molecule has 3 rings (SSSR count). The molecule has 3 aliphatic rings. The van der Waals surface area contributed by atoms with Crippen LogP contribution in [0.15, 0.2) is 0 Å². The molecule has 0 aromatic carbocycles. The fourth-order valence-electron chi connectivity index (χ4n) is 4.61. The van der Waals surface area contributed by atoms with E-state index in [2.05, 4.69) is 13.8 Å². The van der Waals surface area contributed by atoms with E-state index < -0.39 is 5.60 Å². The lowest BCUT2D eigenvalue weighted by Gasteiger charge is -2.32. The van der Waals surface area contributed by atoms with Crippen molar-refractivity contribution in [2.75, 3.05) is 6.61 Å². The Morgan fingerprint density at radius 3 is 2.00 bits per heavy atom. The van der Waals surface area contributed by atoms with Crippen LogP contribution in [0.25, 0.3) is 0 Å². The first-order valence-electron chi connectivity index (χ1n) is 5.36. The predicted octanol–water partition coefficient (Wildman–Crippen LogP) is 1.02. The number of rotatable bonds is 1. The smallest absolute Gasteiger partial charge is 0.0939 e. The summed E-state index contributed by atoms with van der Waals surface area (Å²) in [4.78, 5) is 0. The first kappa shape index (κ1) is 8.25. The molecule has 74 valence electrons. The highest BCUT2D eigenvalue weighted by Crippen LogP contribution is 2.78. The second kappa shape index (κ2) is 1.96. The van der Waals surface area contributed by atoms with Crippen molar-refractivity contribution in [3.63, 3.8) is 0 Å². The van der Waals surface area contributed by atoms with Crippen LogP contribution in [0.2, 0.25) is 0 Å². The van der Waals surface area contributed by atoms with Gasteiger partial charge in [0.25, 0.3) is 0 Å². The zero-order chi connectivity index (χ0) is 9.43. The number of aliphatic hydroxyl groups excluding tert-OH is 1. The van der Waals surface area contributed by atoms with E-state index >= 15 is 0 Å². The maximum atomic E-state index is 10.3. The van der Waals surface area contributed by atoms with Gasteiger partial charge in [0, 0.05) is 0 Å². The van der Waals surface area contributed by atoms with Gasteiger partial charge in [0.15, 0.2) is 0 Å². The third-order valence-corrected chi connectivity index (χ3v) is 5.19. The molecule has 0 heterocycles. The van der Waals surface area contributed by atoms with E-state index in [0.29, 0.717) is 29.1 Å². The molecule has 5 atom stereocenters. The fraction of sp³-hybridized carbons (Fsp3) is 1.00. The van der Waals surface area contributed by atoms with Crippen LogP contribution in [0.5, 0.6) is 0 Å². The highest BCUT2D eigenvalue weighted by molar-refractivity contribution is 5.26. The van der Waals surface area contributed by atoms with Crippen molar-refractivity contribution < 1.29 is 10.2 Å². The molecule has 13 heavy (non-hydrogen) atoms. The summed E-state index contributed by atoms with van der Waals surface area (Å²) in [6.07, 6.45) is 2.26. The second-order valence-electron chi connectivity index (χ2n) is 5.81. The molecule has 3 saturated carbocycles. The molecule has 0 aromatic rings. The Hall–Kier alpha value is -0.0800. The lowest BCUT2D eigenvalue weighted by atomic mass is 9.81. The van der Waals surface area contributed by atoms with Crippen LogP contribution >= 0.6 is 0 Å². The summed E-state index contributed by atoms with van der Waals surface area (Å²) in [6, 6.07) is 0. The summed E-state index contributed by atoms with van der Waals surface area (Å²) >= 11 is 0.